The molecule has 144 valence electrons. The van der Waals surface area contributed by atoms with Crippen molar-refractivity contribution in [1.29, 1.82) is 0 Å². The van der Waals surface area contributed by atoms with Crippen LogP contribution in [0.25, 0.3) is 0 Å². The predicted octanol–water partition coefficient (Wildman–Crippen LogP) is 5.25. The van der Waals surface area contributed by atoms with E-state index in [1.165, 1.54) is 12.8 Å². The Morgan fingerprint density at radius 1 is 1.11 bits per heavy atom. The van der Waals surface area contributed by atoms with Gasteiger partial charge in [0.15, 0.2) is 0 Å². The van der Waals surface area contributed by atoms with Crippen LogP contribution in [0, 0.1) is 0 Å². The van der Waals surface area contributed by atoms with Gasteiger partial charge in [-0.2, -0.15) is 0 Å². The molecule has 3 nitrogen and oxygen atoms in total. The van der Waals surface area contributed by atoms with Crippen LogP contribution >= 0.6 is 11.6 Å². The standard InChI is InChI=1S/C23H29ClN2O/c1-4-18-19(13-10-14-20(18)24)22(27)25-21(17-11-6-5-7-12-17)23(26(2)3)15-8-9-16-23/h5-7,10-14,21H,4,8-9,15-16H2,1-3H3,(H,25,27). The predicted molar refractivity (Wildman–Crippen MR) is 112 cm³/mol. The number of benzene rings is 2. The Morgan fingerprint density at radius 2 is 1.78 bits per heavy atom. The van der Waals surface area contributed by atoms with Crippen molar-refractivity contribution in [3.8, 4) is 0 Å². The van der Waals surface area contributed by atoms with Gasteiger partial charge >= 0.3 is 0 Å². The number of nitrogens with one attached hydrogen (secondary N) is 1. The van der Waals surface area contributed by atoms with E-state index in [1.807, 2.05) is 43.3 Å². The molecule has 27 heavy (non-hydrogen) atoms. The van der Waals surface area contributed by atoms with Crippen molar-refractivity contribution in [2.45, 2.75) is 50.6 Å². The van der Waals surface area contributed by atoms with Crippen molar-refractivity contribution in [3.05, 3.63) is 70.2 Å². The van der Waals surface area contributed by atoms with Gasteiger partial charge in [0.25, 0.3) is 5.91 Å². The van der Waals surface area contributed by atoms with Crippen LogP contribution < -0.4 is 5.32 Å². The van der Waals surface area contributed by atoms with Crippen LogP contribution in [0.4, 0.5) is 0 Å². The average molecular weight is 385 g/mol. The number of carbonyl (C=O) groups is 1. The highest BCUT2D eigenvalue weighted by Crippen LogP contribution is 2.43. The highest BCUT2D eigenvalue weighted by Gasteiger charge is 2.44. The maximum Gasteiger partial charge on any atom is 0.252 e. The highest BCUT2D eigenvalue weighted by atomic mass is 35.5. The first-order valence-corrected chi connectivity index (χ1v) is 10.2. The van der Waals surface area contributed by atoms with Crippen LogP contribution in [-0.4, -0.2) is 30.4 Å². The van der Waals surface area contributed by atoms with Gasteiger partial charge in [-0.05, 0) is 56.6 Å². The zero-order chi connectivity index (χ0) is 19.4. The van der Waals surface area contributed by atoms with Crippen LogP contribution in [0.15, 0.2) is 48.5 Å². The minimum atomic E-state index is -0.0675. The SMILES string of the molecule is CCc1c(Cl)cccc1C(=O)NC(c1ccccc1)C1(N(C)C)CCCC1. The Kier molecular flexibility index (Phi) is 6.23. The molecule has 4 heteroatoms. The Hall–Kier alpha value is -1.84. The fourth-order valence-electron chi connectivity index (χ4n) is 4.49. The molecule has 0 spiro atoms. The average Bonchev–Trinajstić information content (AvgIpc) is 3.17. The normalized spacial score (nSPS) is 17.1. The summed E-state index contributed by atoms with van der Waals surface area (Å²) < 4.78 is 0. The molecule has 3 rings (SSSR count). The van der Waals surface area contributed by atoms with Gasteiger partial charge in [-0.3, -0.25) is 4.79 Å². The Morgan fingerprint density at radius 3 is 2.37 bits per heavy atom. The second-order valence-corrected chi connectivity index (χ2v) is 8.05. The maximum absolute atomic E-state index is 13.3. The highest BCUT2D eigenvalue weighted by molar-refractivity contribution is 6.31. The van der Waals surface area contributed by atoms with Crippen molar-refractivity contribution in [1.82, 2.24) is 10.2 Å². The van der Waals surface area contributed by atoms with Gasteiger partial charge in [-0.15, -0.1) is 0 Å². The lowest BCUT2D eigenvalue weighted by atomic mass is 9.82. The van der Waals surface area contributed by atoms with E-state index in [-0.39, 0.29) is 17.5 Å². The van der Waals surface area contributed by atoms with Gasteiger partial charge in [0, 0.05) is 16.1 Å². The van der Waals surface area contributed by atoms with Crippen LogP contribution in [0.5, 0.6) is 0 Å². The molecular weight excluding hydrogens is 356 g/mol. The van der Waals surface area contributed by atoms with Crippen LogP contribution in [0.1, 0.15) is 60.1 Å². The van der Waals surface area contributed by atoms with Gasteiger partial charge in [0.2, 0.25) is 0 Å². The molecule has 1 aliphatic rings. The number of amides is 1. The number of likely N-dealkylation sites (N-methyl/N-ethyl adjacent to an activating group) is 1. The molecule has 1 unspecified atom stereocenters. The molecular formula is C23H29ClN2O. The summed E-state index contributed by atoms with van der Waals surface area (Å²) in [5, 5.41) is 4.03. The van der Waals surface area contributed by atoms with Crippen LogP contribution in [0.2, 0.25) is 5.02 Å². The van der Waals surface area contributed by atoms with E-state index in [4.69, 9.17) is 11.6 Å². The molecule has 1 amide bonds. The lowest BCUT2D eigenvalue weighted by molar-refractivity contribution is 0.0765. The summed E-state index contributed by atoms with van der Waals surface area (Å²) in [5.41, 5.74) is 2.68. The molecule has 0 aromatic heterocycles. The maximum atomic E-state index is 13.3. The molecule has 1 N–H and O–H groups in total. The molecule has 1 atom stereocenters. The number of carbonyl (C=O) groups excluding carboxylic acids is 1. The van der Waals surface area contributed by atoms with E-state index in [9.17, 15) is 4.79 Å². The number of nitrogens with zero attached hydrogens (tertiary/aromatic N) is 1. The Balaban J connectivity index is 2.00. The molecule has 0 bridgehead atoms. The molecule has 0 saturated heterocycles. The van der Waals surface area contributed by atoms with Crippen LogP contribution in [-0.2, 0) is 6.42 Å². The summed E-state index contributed by atoms with van der Waals surface area (Å²) in [4.78, 5) is 15.6. The molecule has 1 fully saturated rings. The zero-order valence-corrected chi connectivity index (χ0v) is 17.2. The topological polar surface area (TPSA) is 32.3 Å². The molecule has 0 aliphatic heterocycles. The third kappa shape index (κ3) is 3.90. The van der Waals surface area contributed by atoms with Gasteiger partial charge in [-0.1, -0.05) is 67.8 Å². The molecule has 1 saturated carbocycles. The summed E-state index contributed by atoms with van der Waals surface area (Å²) in [5.74, 6) is -0.0451. The summed E-state index contributed by atoms with van der Waals surface area (Å²) in [6.45, 7) is 2.03. The minimum absolute atomic E-state index is 0.0451. The number of rotatable bonds is 6. The summed E-state index contributed by atoms with van der Waals surface area (Å²) in [6, 6.07) is 15.9. The molecule has 0 heterocycles. The van der Waals surface area contributed by atoms with Crippen LogP contribution in [0.3, 0.4) is 0 Å². The van der Waals surface area contributed by atoms with Gasteiger partial charge in [-0.25, -0.2) is 0 Å². The summed E-state index contributed by atoms with van der Waals surface area (Å²) >= 11 is 6.34. The van der Waals surface area contributed by atoms with Crippen molar-refractivity contribution >= 4 is 17.5 Å². The van der Waals surface area contributed by atoms with Crippen molar-refractivity contribution < 1.29 is 4.79 Å². The summed E-state index contributed by atoms with van der Waals surface area (Å²) in [7, 11) is 4.26. The fraction of sp³-hybridized carbons (Fsp3) is 0.435. The smallest absolute Gasteiger partial charge is 0.252 e. The van der Waals surface area contributed by atoms with Crippen molar-refractivity contribution in [3.63, 3.8) is 0 Å². The lowest BCUT2D eigenvalue weighted by Gasteiger charge is -2.44. The van der Waals surface area contributed by atoms with Gasteiger partial charge in [0.05, 0.1) is 6.04 Å². The Bertz CT molecular complexity index is 782. The van der Waals surface area contributed by atoms with E-state index in [0.29, 0.717) is 10.6 Å². The van der Waals surface area contributed by atoms with Crippen molar-refractivity contribution in [2.75, 3.05) is 14.1 Å². The van der Waals surface area contributed by atoms with Gasteiger partial charge in [0.1, 0.15) is 0 Å². The fourth-order valence-corrected chi connectivity index (χ4v) is 4.80. The van der Waals surface area contributed by atoms with E-state index < -0.39 is 0 Å². The molecule has 2 aromatic rings. The first kappa shape index (κ1) is 19.9. The first-order valence-electron chi connectivity index (χ1n) is 9.80. The second-order valence-electron chi connectivity index (χ2n) is 7.64. The molecule has 0 radical (unpaired) electrons. The first-order chi connectivity index (χ1) is 13.0. The van der Waals surface area contributed by atoms with E-state index in [1.54, 1.807) is 0 Å². The molecule has 1 aliphatic carbocycles. The quantitative estimate of drug-likeness (QED) is 0.737. The molecule has 2 aromatic carbocycles. The second kappa shape index (κ2) is 8.45. The number of halogens is 1. The lowest BCUT2D eigenvalue weighted by Crippen LogP contribution is -2.53. The monoisotopic (exact) mass is 384 g/mol. The largest absolute Gasteiger partial charge is 0.343 e. The van der Waals surface area contributed by atoms with E-state index >= 15 is 0 Å². The Labute approximate surface area is 167 Å². The summed E-state index contributed by atoms with van der Waals surface area (Å²) in [6.07, 6.45) is 5.27. The third-order valence-corrected chi connectivity index (χ3v) is 6.38. The van der Waals surface area contributed by atoms with Crippen molar-refractivity contribution in [2.24, 2.45) is 0 Å². The number of hydrogen-bond acceptors (Lipinski definition) is 2. The van der Waals surface area contributed by atoms with E-state index in [2.05, 4.69) is 36.4 Å². The van der Waals surface area contributed by atoms with E-state index in [0.717, 1.165) is 30.4 Å². The zero-order valence-electron chi connectivity index (χ0n) is 16.5. The third-order valence-electron chi connectivity index (χ3n) is 6.02. The minimum Gasteiger partial charge on any atom is -0.343 e. The van der Waals surface area contributed by atoms with Gasteiger partial charge < -0.3 is 10.2 Å². The number of hydrogen-bond donors (Lipinski definition) is 1.